The number of carbonyl (C=O) groups excluding carboxylic acids is 1. The summed E-state index contributed by atoms with van der Waals surface area (Å²) in [6.45, 7) is 8.48. The zero-order chi connectivity index (χ0) is 24.3. The van der Waals surface area contributed by atoms with E-state index in [4.69, 9.17) is 4.74 Å². The Balaban J connectivity index is 1.78. The van der Waals surface area contributed by atoms with Crippen molar-refractivity contribution in [3.8, 4) is 0 Å². The third kappa shape index (κ3) is 4.49. The Morgan fingerprint density at radius 2 is 1.97 bits per heavy atom. The lowest BCUT2D eigenvalue weighted by Gasteiger charge is -2.30. The number of aromatic nitrogens is 3. The van der Waals surface area contributed by atoms with Gasteiger partial charge in [0.25, 0.3) is 15.6 Å². The van der Waals surface area contributed by atoms with Gasteiger partial charge in [-0.2, -0.15) is 12.7 Å². The summed E-state index contributed by atoms with van der Waals surface area (Å²) in [7, 11) is -4.33. The second-order valence-electron chi connectivity index (χ2n) is 9.22. The summed E-state index contributed by atoms with van der Waals surface area (Å²) in [6, 6.07) is 1.21. The lowest BCUT2D eigenvalue weighted by atomic mass is 10.2. The largest absolute Gasteiger partial charge is 0.443 e. The number of thiazole rings is 1. The molecule has 0 saturated heterocycles. The van der Waals surface area contributed by atoms with Crippen molar-refractivity contribution in [1.82, 2.24) is 18.8 Å². The first-order chi connectivity index (χ1) is 15.2. The average molecular weight is 513 g/mol. The molecule has 4 rings (SSSR count). The second kappa shape index (κ2) is 7.77. The van der Waals surface area contributed by atoms with Crippen molar-refractivity contribution >= 4 is 49.0 Å². The first kappa shape index (κ1) is 23.6. The molecule has 3 aromatic heterocycles. The highest BCUT2D eigenvalue weighted by Crippen LogP contribution is 2.45. The lowest BCUT2D eigenvalue weighted by Crippen LogP contribution is -2.47. The summed E-state index contributed by atoms with van der Waals surface area (Å²) >= 11 is 2.10. The van der Waals surface area contributed by atoms with E-state index < -0.39 is 38.5 Å². The Kier molecular flexibility index (Phi) is 5.57. The Bertz CT molecular complexity index is 1470. The van der Waals surface area contributed by atoms with Crippen LogP contribution in [0.2, 0.25) is 0 Å². The van der Waals surface area contributed by atoms with Gasteiger partial charge >= 0.3 is 11.8 Å². The number of carbonyl (C=O) groups is 1. The standard InChI is InChI=1S/C20H24N4O6S3/c1-11-21-9-12(31-11)10-23-16(25)13-8-14(32-15(13)22-17(23)26)33(28,29)24(20(5)6-7-20)18(27)30-19(2,3)4/h8-9H,6-7,10H2,1-5H3,(H,22,26). The van der Waals surface area contributed by atoms with Gasteiger partial charge in [0.15, 0.2) is 0 Å². The Hall–Kier alpha value is -2.51. The molecule has 1 N–H and O–H groups in total. The molecule has 0 spiro atoms. The number of H-pyrrole nitrogens is 1. The lowest BCUT2D eigenvalue weighted by molar-refractivity contribution is 0.0332. The second-order valence-corrected chi connectivity index (χ2v) is 13.6. The number of sulfonamides is 1. The molecule has 0 aromatic carbocycles. The van der Waals surface area contributed by atoms with E-state index in [1.807, 2.05) is 6.92 Å². The predicted octanol–water partition coefficient (Wildman–Crippen LogP) is 3.04. The minimum atomic E-state index is -4.33. The first-order valence-electron chi connectivity index (χ1n) is 10.2. The van der Waals surface area contributed by atoms with E-state index >= 15 is 0 Å². The molecule has 1 aliphatic carbocycles. The SMILES string of the molecule is Cc1ncc(Cn2c(=O)[nH]c3sc(S(=O)(=O)N(C(=O)OC(C)(C)C)C4(C)CC4)cc3c2=O)s1. The van der Waals surface area contributed by atoms with Gasteiger partial charge in [-0.15, -0.1) is 22.7 Å². The molecule has 0 atom stereocenters. The van der Waals surface area contributed by atoms with E-state index in [1.54, 1.807) is 33.9 Å². The fraction of sp³-hybridized carbons (Fsp3) is 0.500. The smallest absolute Gasteiger partial charge is 0.424 e. The van der Waals surface area contributed by atoms with E-state index in [0.717, 1.165) is 30.1 Å². The molecule has 13 heteroatoms. The zero-order valence-corrected chi connectivity index (χ0v) is 21.2. The number of aromatic amines is 1. The van der Waals surface area contributed by atoms with E-state index in [1.165, 1.54) is 17.4 Å². The van der Waals surface area contributed by atoms with Crippen LogP contribution in [-0.2, 0) is 21.3 Å². The molecule has 1 saturated carbocycles. The van der Waals surface area contributed by atoms with Crippen LogP contribution in [0, 0.1) is 6.92 Å². The van der Waals surface area contributed by atoms with Crippen molar-refractivity contribution in [3.63, 3.8) is 0 Å². The molecule has 33 heavy (non-hydrogen) atoms. The number of aryl methyl sites for hydroxylation is 1. The monoisotopic (exact) mass is 512 g/mol. The van der Waals surface area contributed by atoms with Crippen molar-refractivity contribution in [2.75, 3.05) is 0 Å². The van der Waals surface area contributed by atoms with E-state index in [0.29, 0.717) is 12.8 Å². The Morgan fingerprint density at radius 3 is 2.52 bits per heavy atom. The van der Waals surface area contributed by atoms with Crippen LogP contribution in [0.3, 0.4) is 0 Å². The van der Waals surface area contributed by atoms with Crippen molar-refractivity contribution < 1.29 is 17.9 Å². The van der Waals surface area contributed by atoms with Crippen molar-refractivity contribution in [3.05, 3.63) is 43.0 Å². The highest BCUT2D eigenvalue weighted by molar-refractivity contribution is 7.92. The molecule has 1 aliphatic rings. The Labute approximate surface area is 197 Å². The van der Waals surface area contributed by atoms with Gasteiger partial charge in [-0.05, 0) is 53.5 Å². The fourth-order valence-corrected chi connectivity index (χ4v) is 7.21. The van der Waals surface area contributed by atoms with Crippen LogP contribution >= 0.6 is 22.7 Å². The molecular weight excluding hydrogens is 488 g/mol. The summed E-state index contributed by atoms with van der Waals surface area (Å²) in [4.78, 5) is 46.0. The maximum atomic E-state index is 13.5. The quantitative estimate of drug-likeness (QED) is 0.556. The molecule has 178 valence electrons. The van der Waals surface area contributed by atoms with Gasteiger partial charge in [-0.1, -0.05) is 0 Å². The van der Waals surface area contributed by atoms with Gasteiger partial charge in [-0.25, -0.2) is 14.6 Å². The highest BCUT2D eigenvalue weighted by Gasteiger charge is 2.54. The normalized spacial score (nSPS) is 15.5. The highest BCUT2D eigenvalue weighted by atomic mass is 32.2. The third-order valence-electron chi connectivity index (χ3n) is 5.15. The van der Waals surface area contributed by atoms with E-state index in [2.05, 4.69) is 9.97 Å². The number of thiophene rings is 1. The summed E-state index contributed by atoms with van der Waals surface area (Å²) in [5, 5.41) is 0.861. The molecule has 0 aliphatic heterocycles. The van der Waals surface area contributed by atoms with Gasteiger partial charge in [0.05, 0.1) is 22.5 Å². The van der Waals surface area contributed by atoms with Crippen LogP contribution in [0.1, 0.15) is 50.4 Å². The number of nitrogens with one attached hydrogen (secondary N) is 1. The van der Waals surface area contributed by atoms with Crippen LogP contribution in [0.4, 0.5) is 4.79 Å². The maximum Gasteiger partial charge on any atom is 0.424 e. The van der Waals surface area contributed by atoms with Gasteiger partial charge in [0.1, 0.15) is 14.6 Å². The summed E-state index contributed by atoms with van der Waals surface area (Å²) < 4.78 is 34.0. The molecule has 0 unspecified atom stereocenters. The predicted molar refractivity (Wildman–Crippen MR) is 126 cm³/mol. The van der Waals surface area contributed by atoms with Crippen molar-refractivity contribution in [2.24, 2.45) is 0 Å². The number of nitrogens with zero attached hydrogens (tertiary/aromatic N) is 3. The number of hydrogen-bond donors (Lipinski definition) is 1. The number of ether oxygens (including phenoxy) is 1. The van der Waals surface area contributed by atoms with Crippen LogP contribution in [0.5, 0.6) is 0 Å². The van der Waals surface area contributed by atoms with Crippen LogP contribution < -0.4 is 11.2 Å². The molecular formula is C20H24N4O6S3. The summed E-state index contributed by atoms with van der Waals surface area (Å²) in [5.41, 5.74) is -3.04. The summed E-state index contributed by atoms with van der Waals surface area (Å²) in [6.07, 6.45) is 1.64. The number of rotatable bonds is 5. The van der Waals surface area contributed by atoms with Gasteiger partial charge in [-0.3, -0.25) is 14.3 Å². The molecule has 0 radical (unpaired) electrons. The third-order valence-corrected chi connectivity index (χ3v) is 9.47. The van der Waals surface area contributed by atoms with E-state index in [9.17, 15) is 22.8 Å². The van der Waals surface area contributed by atoms with Crippen LogP contribution in [0.15, 0.2) is 26.1 Å². The molecule has 1 fully saturated rings. The zero-order valence-electron chi connectivity index (χ0n) is 18.8. The van der Waals surface area contributed by atoms with Crippen LogP contribution in [-0.4, -0.2) is 44.5 Å². The molecule has 10 nitrogen and oxygen atoms in total. The average Bonchev–Trinajstić information content (AvgIpc) is 3.07. The molecule has 0 bridgehead atoms. The Morgan fingerprint density at radius 1 is 1.30 bits per heavy atom. The van der Waals surface area contributed by atoms with Gasteiger partial charge in [0.2, 0.25) is 0 Å². The number of amides is 1. The topological polar surface area (TPSA) is 131 Å². The molecule has 3 heterocycles. The number of fused-ring (bicyclic) bond motifs is 1. The van der Waals surface area contributed by atoms with Crippen LogP contribution in [0.25, 0.3) is 10.2 Å². The number of hydrogen-bond acceptors (Lipinski definition) is 9. The minimum Gasteiger partial charge on any atom is -0.443 e. The van der Waals surface area contributed by atoms with Crippen molar-refractivity contribution in [2.45, 2.75) is 69.4 Å². The molecule has 3 aromatic rings. The fourth-order valence-electron chi connectivity index (χ4n) is 3.31. The maximum absolute atomic E-state index is 13.5. The minimum absolute atomic E-state index is 0.0235. The van der Waals surface area contributed by atoms with E-state index in [-0.39, 0.29) is 21.0 Å². The van der Waals surface area contributed by atoms with Gasteiger partial charge < -0.3 is 4.74 Å². The first-order valence-corrected chi connectivity index (χ1v) is 13.2. The molecule has 1 amide bonds. The van der Waals surface area contributed by atoms with Gasteiger partial charge in [0, 0.05) is 11.1 Å². The van der Waals surface area contributed by atoms with Crippen molar-refractivity contribution in [1.29, 1.82) is 0 Å². The summed E-state index contributed by atoms with van der Waals surface area (Å²) in [5.74, 6) is 0.